The number of aromatic nitrogens is 2. The third-order valence-electron chi connectivity index (χ3n) is 2.56. The summed E-state index contributed by atoms with van der Waals surface area (Å²) in [5.74, 6) is 0. The van der Waals surface area contributed by atoms with Gasteiger partial charge in [-0.3, -0.25) is 0 Å². The van der Waals surface area contributed by atoms with E-state index in [0.29, 0.717) is 0 Å². The Labute approximate surface area is 93.7 Å². The van der Waals surface area contributed by atoms with Gasteiger partial charge in [0.1, 0.15) is 0 Å². The van der Waals surface area contributed by atoms with E-state index >= 15 is 0 Å². The zero-order chi connectivity index (χ0) is 11.5. The lowest BCUT2D eigenvalue weighted by Crippen LogP contribution is -2.22. The first-order valence-electron chi connectivity index (χ1n) is 5.05. The van der Waals surface area contributed by atoms with E-state index in [0.717, 1.165) is 17.7 Å². The lowest BCUT2D eigenvalue weighted by atomic mass is 10.1. The second-order valence-electron chi connectivity index (χ2n) is 3.67. The number of amides is 1. The highest BCUT2D eigenvalue weighted by Gasteiger charge is 2.09. The number of benzene rings is 1. The molecule has 4 heteroatoms. The maximum absolute atomic E-state index is 11.0. The predicted octanol–water partition coefficient (Wildman–Crippen LogP) is 1.71. The molecule has 1 aromatic heterocycles. The molecule has 0 bridgehead atoms. The minimum atomic E-state index is -0.545. The molecule has 0 aliphatic carbocycles. The Morgan fingerprint density at radius 3 is 2.62 bits per heavy atom. The molecule has 1 aromatic carbocycles. The van der Waals surface area contributed by atoms with Gasteiger partial charge in [0.2, 0.25) is 0 Å². The van der Waals surface area contributed by atoms with Crippen LogP contribution >= 0.6 is 0 Å². The Bertz CT molecular complexity index is 502. The highest BCUT2D eigenvalue weighted by atomic mass is 16.2. The molecule has 2 rings (SSSR count). The van der Waals surface area contributed by atoms with Crippen LogP contribution in [0.3, 0.4) is 0 Å². The summed E-state index contributed by atoms with van der Waals surface area (Å²) in [6, 6.07) is 9.49. The number of nitrogens with two attached hydrogens (primary N) is 1. The van der Waals surface area contributed by atoms with Gasteiger partial charge in [0.25, 0.3) is 0 Å². The van der Waals surface area contributed by atoms with Crippen LogP contribution in [0.15, 0.2) is 36.5 Å². The Kier molecular flexibility index (Phi) is 2.72. The van der Waals surface area contributed by atoms with Gasteiger partial charge >= 0.3 is 6.03 Å². The maximum atomic E-state index is 11.0. The summed E-state index contributed by atoms with van der Waals surface area (Å²) in [6.45, 7) is 1.84. The van der Waals surface area contributed by atoms with E-state index in [4.69, 9.17) is 5.73 Å². The summed E-state index contributed by atoms with van der Waals surface area (Å²) in [5.41, 5.74) is 8.19. The van der Waals surface area contributed by atoms with Gasteiger partial charge in [0, 0.05) is 12.1 Å². The monoisotopic (exact) mass is 215 g/mol. The van der Waals surface area contributed by atoms with Crippen molar-refractivity contribution in [3.05, 3.63) is 53.3 Å². The molecule has 4 nitrogen and oxygen atoms in total. The molecule has 0 spiro atoms. The van der Waals surface area contributed by atoms with E-state index in [1.54, 1.807) is 6.20 Å². The molecule has 16 heavy (non-hydrogen) atoms. The summed E-state index contributed by atoms with van der Waals surface area (Å²) in [4.78, 5) is 11.0. The second-order valence-corrected chi connectivity index (χ2v) is 3.67. The van der Waals surface area contributed by atoms with Crippen LogP contribution in [-0.2, 0) is 6.42 Å². The van der Waals surface area contributed by atoms with Crippen LogP contribution in [0.2, 0.25) is 0 Å². The number of primary amides is 1. The van der Waals surface area contributed by atoms with E-state index in [-0.39, 0.29) is 0 Å². The number of nitrogens with zero attached hydrogens (tertiary/aromatic N) is 2. The molecular formula is C12H13N3O. The van der Waals surface area contributed by atoms with Crippen LogP contribution in [0.25, 0.3) is 0 Å². The highest BCUT2D eigenvalue weighted by molar-refractivity contribution is 5.74. The van der Waals surface area contributed by atoms with Gasteiger partial charge in [0.15, 0.2) is 0 Å². The van der Waals surface area contributed by atoms with Gasteiger partial charge in [-0.05, 0) is 18.1 Å². The summed E-state index contributed by atoms with van der Waals surface area (Å²) in [7, 11) is 0. The third-order valence-corrected chi connectivity index (χ3v) is 2.56. The lowest BCUT2D eigenvalue weighted by molar-refractivity contribution is 0.247. The van der Waals surface area contributed by atoms with Gasteiger partial charge < -0.3 is 5.73 Å². The molecule has 0 atom stereocenters. The molecule has 0 saturated heterocycles. The molecule has 1 heterocycles. The summed E-state index contributed by atoms with van der Waals surface area (Å²) in [5, 5.41) is 3.95. The van der Waals surface area contributed by atoms with Gasteiger partial charge in [-0.1, -0.05) is 30.3 Å². The van der Waals surface area contributed by atoms with Crippen molar-refractivity contribution in [2.24, 2.45) is 5.73 Å². The van der Waals surface area contributed by atoms with Gasteiger partial charge in [-0.25, -0.2) is 4.79 Å². The number of carbonyl (C=O) groups is 1. The Hall–Kier alpha value is -2.10. The maximum Gasteiger partial charge on any atom is 0.339 e. The highest BCUT2D eigenvalue weighted by Crippen LogP contribution is 2.12. The SMILES string of the molecule is Cc1c(Cc2ccccc2)cnn1C(N)=O. The minimum Gasteiger partial charge on any atom is -0.350 e. The van der Waals surface area contributed by atoms with Crippen molar-refractivity contribution in [2.75, 3.05) is 0 Å². The molecule has 0 fully saturated rings. The molecule has 2 N–H and O–H groups in total. The van der Waals surface area contributed by atoms with Crippen LogP contribution in [0.5, 0.6) is 0 Å². The van der Waals surface area contributed by atoms with Crippen molar-refractivity contribution in [3.63, 3.8) is 0 Å². The average molecular weight is 215 g/mol. The first kappa shape index (κ1) is 10.4. The van der Waals surface area contributed by atoms with Crippen LogP contribution in [0, 0.1) is 6.92 Å². The van der Waals surface area contributed by atoms with E-state index in [2.05, 4.69) is 5.10 Å². The van der Waals surface area contributed by atoms with Crippen LogP contribution in [0.4, 0.5) is 4.79 Å². The van der Waals surface area contributed by atoms with E-state index in [9.17, 15) is 4.79 Å². The summed E-state index contributed by atoms with van der Waals surface area (Å²) >= 11 is 0. The van der Waals surface area contributed by atoms with Gasteiger partial charge in [-0.2, -0.15) is 9.78 Å². The Morgan fingerprint density at radius 2 is 2.06 bits per heavy atom. The van der Waals surface area contributed by atoms with Gasteiger partial charge in [0.05, 0.1) is 6.20 Å². The van der Waals surface area contributed by atoms with E-state index in [1.165, 1.54) is 10.2 Å². The zero-order valence-electron chi connectivity index (χ0n) is 9.05. The van der Waals surface area contributed by atoms with Crippen LogP contribution in [-0.4, -0.2) is 15.8 Å². The molecule has 0 aliphatic heterocycles. The normalized spacial score (nSPS) is 10.3. The van der Waals surface area contributed by atoms with Crippen molar-refractivity contribution in [1.29, 1.82) is 0 Å². The van der Waals surface area contributed by atoms with E-state index < -0.39 is 6.03 Å². The fourth-order valence-electron chi connectivity index (χ4n) is 1.66. The molecule has 82 valence electrons. The van der Waals surface area contributed by atoms with Crippen molar-refractivity contribution < 1.29 is 4.79 Å². The topological polar surface area (TPSA) is 60.9 Å². The Morgan fingerprint density at radius 1 is 1.38 bits per heavy atom. The van der Waals surface area contributed by atoms with Gasteiger partial charge in [-0.15, -0.1) is 0 Å². The van der Waals surface area contributed by atoms with E-state index in [1.807, 2.05) is 37.3 Å². The number of hydrogen-bond acceptors (Lipinski definition) is 2. The number of rotatable bonds is 2. The van der Waals surface area contributed by atoms with Crippen LogP contribution in [0.1, 0.15) is 16.8 Å². The van der Waals surface area contributed by atoms with Crippen molar-refractivity contribution in [1.82, 2.24) is 9.78 Å². The predicted molar refractivity (Wildman–Crippen MR) is 61.2 cm³/mol. The fraction of sp³-hybridized carbons (Fsp3) is 0.167. The molecule has 0 saturated carbocycles. The molecular weight excluding hydrogens is 202 g/mol. The van der Waals surface area contributed by atoms with Crippen molar-refractivity contribution >= 4 is 6.03 Å². The minimum absolute atomic E-state index is 0.545. The van der Waals surface area contributed by atoms with Crippen molar-refractivity contribution in [3.8, 4) is 0 Å². The smallest absolute Gasteiger partial charge is 0.339 e. The molecule has 2 aromatic rings. The third kappa shape index (κ3) is 1.95. The van der Waals surface area contributed by atoms with Crippen molar-refractivity contribution in [2.45, 2.75) is 13.3 Å². The lowest BCUT2D eigenvalue weighted by Gasteiger charge is -2.01. The Balaban J connectivity index is 2.26. The average Bonchev–Trinajstić information content (AvgIpc) is 2.62. The standard InChI is InChI=1S/C12H13N3O/c1-9-11(8-14-15(9)12(13)16)7-10-5-3-2-4-6-10/h2-6,8H,7H2,1H3,(H2,13,16). The molecule has 0 radical (unpaired) electrons. The fourth-order valence-corrected chi connectivity index (χ4v) is 1.66. The van der Waals surface area contributed by atoms with Crippen LogP contribution < -0.4 is 5.73 Å². The summed E-state index contributed by atoms with van der Waals surface area (Å²) < 4.78 is 1.22. The molecule has 0 unspecified atom stereocenters. The number of hydrogen-bond donors (Lipinski definition) is 1. The second kappa shape index (κ2) is 4.18. The first-order valence-corrected chi connectivity index (χ1v) is 5.05. The molecule has 0 aliphatic rings. The first-order chi connectivity index (χ1) is 7.68. The summed E-state index contributed by atoms with van der Waals surface area (Å²) in [6.07, 6.45) is 2.45. The molecule has 1 amide bonds. The quantitative estimate of drug-likeness (QED) is 0.828. The zero-order valence-corrected chi connectivity index (χ0v) is 9.05. The number of carbonyl (C=O) groups excluding carboxylic acids is 1. The largest absolute Gasteiger partial charge is 0.350 e.